The Kier molecular flexibility index (Phi) is 4.58. The molecule has 0 radical (unpaired) electrons. The first-order chi connectivity index (χ1) is 9.20. The van der Waals surface area contributed by atoms with E-state index in [1.165, 1.54) is 16.8 Å². The molecule has 19 heavy (non-hydrogen) atoms. The highest BCUT2D eigenvalue weighted by molar-refractivity contribution is 5.49. The van der Waals surface area contributed by atoms with Crippen molar-refractivity contribution >= 4 is 5.69 Å². The van der Waals surface area contributed by atoms with Gasteiger partial charge in [-0.1, -0.05) is 42.5 Å². The van der Waals surface area contributed by atoms with Gasteiger partial charge in [0.25, 0.3) is 0 Å². The second-order valence-electron chi connectivity index (χ2n) is 5.08. The molecular weight excluding hydrogens is 232 g/mol. The van der Waals surface area contributed by atoms with Crippen LogP contribution in [0.3, 0.4) is 0 Å². The molecule has 2 aromatic carbocycles. The quantitative estimate of drug-likeness (QED) is 0.884. The molecular formula is C17H22N2. The number of rotatable bonds is 5. The molecule has 0 fully saturated rings. The molecule has 2 nitrogen and oxygen atoms in total. The van der Waals surface area contributed by atoms with Crippen molar-refractivity contribution in [2.45, 2.75) is 33.0 Å². The zero-order chi connectivity index (χ0) is 13.7. The average molecular weight is 254 g/mol. The Morgan fingerprint density at radius 2 is 1.53 bits per heavy atom. The van der Waals surface area contributed by atoms with Gasteiger partial charge in [0, 0.05) is 24.8 Å². The molecule has 0 saturated heterocycles. The van der Waals surface area contributed by atoms with Gasteiger partial charge in [-0.05, 0) is 37.1 Å². The minimum absolute atomic E-state index is 0.462. The SMILES string of the molecule is CC(C)N(Cc1ccccc1)c1ccc(CN)cc1. The number of nitrogens with zero attached hydrogens (tertiary/aromatic N) is 1. The number of hydrogen-bond acceptors (Lipinski definition) is 2. The van der Waals surface area contributed by atoms with Gasteiger partial charge < -0.3 is 10.6 Å². The van der Waals surface area contributed by atoms with Crippen molar-refractivity contribution in [2.75, 3.05) is 4.90 Å². The largest absolute Gasteiger partial charge is 0.365 e. The van der Waals surface area contributed by atoms with Gasteiger partial charge in [0.15, 0.2) is 0 Å². The van der Waals surface area contributed by atoms with Crippen LogP contribution < -0.4 is 10.6 Å². The summed E-state index contributed by atoms with van der Waals surface area (Å²) in [5.74, 6) is 0. The molecule has 0 aromatic heterocycles. The molecule has 0 aliphatic heterocycles. The van der Waals surface area contributed by atoms with Crippen LogP contribution in [0.15, 0.2) is 54.6 Å². The molecule has 0 aliphatic carbocycles. The lowest BCUT2D eigenvalue weighted by molar-refractivity contribution is 0.682. The second kappa shape index (κ2) is 6.39. The first-order valence-electron chi connectivity index (χ1n) is 6.80. The zero-order valence-electron chi connectivity index (χ0n) is 11.7. The van der Waals surface area contributed by atoms with Crippen molar-refractivity contribution < 1.29 is 0 Å². The minimum atomic E-state index is 0.462. The van der Waals surface area contributed by atoms with E-state index in [1.807, 2.05) is 0 Å². The van der Waals surface area contributed by atoms with Crippen LogP contribution in [0.4, 0.5) is 5.69 Å². The van der Waals surface area contributed by atoms with E-state index in [0.717, 1.165) is 6.54 Å². The third-order valence-corrected chi connectivity index (χ3v) is 3.32. The molecule has 100 valence electrons. The monoisotopic (exact) mass is 254 g/mol. The molecule has 2 rings (SSSR count). The molecule has 2 aromatic rings. The van der Waals surface area contributed by atoms with Crippen molar-refractivity contribution in [2.24, 2.45) is 5.73 Å². The summed E-state index contributed by atoms with van der Waals surface area (Å²) >= 11 is 0. The second-order valence-corrected chi connectivity index (χ2v) is 5.08. The highest BCUT2D eigenvalue weighted by Gasteiger charge is 2.10. The van der Waals surface area contributed by atoms with Gasteiger partial charge in [-0.25, -0.2) is 0 Å². The van der Waals surface area contributed by atoms with E-state index in [9.17, 15) is 0 Å². The molecule has 0 aliphatic rings. The van der Waals surface area contributed by atoms with Gasteiger partial charge >= 0.3 is 0 Å². The normalized spacial score (nSPS) is 10.7. The van der Waals surface area contributed by atoms with E-state index in [1.54, 1.807) is 0 Å². The maximum atomic E-state index is 5.65. The van der Waals surface area contributed by atoms with Crippen molar-refractivity contribution in [3.05, 3.63) is 65.7 Å². The van der Waals surface area contributed by atoms with E-state index in [0.29, 0.717) is 12.6 Å². The number of anilines is 1. The minimum Gasteiger partial charge on any atom is -0.365 e. The molecule has 0 amide bonds. The molecule has 2 N–H and O–H groups in total. The molecule has 2 heteroatoms. The smallest absolute Gasteiger partial charge is 0.0432 e. The lowest BCUT2D eigenvalue weighted by Gasteiger charge is -2.29. The van der Waals surface area contributed by atoms with Crippen LogP contribution in [0.5, 0.6) is 0 Å². The van der Waals surface area contributed by atoms with Crippen LogP contribution in [0.25, 0.3) is 0 Å². The van der Waals surface area contributed by atoms with E-state index < -0.39 is 0 Å². The van der Waals surface area contributed by atoms with Crippen LogP contribution in [0.1, 0.15) is 25.0 Å². The Morgan fingerprint density at radius 3 is 2.05 bits per heavy atom. The highest BCUT2D eigenvalue weighted by atomic mass is 15.1. The van der Waals surface area contributed by atoms with Gasteiger partial charge in [0.05, 0.1) is 0 Å². The summed E-state index contributed by atoms with van der Waals surface area (Å²) < 4.78 is 0. The maximum Gasteiger partial charge on any atom is 0.0432 e. The molecule has 0 unspecified atom stereocenters. The Hall–Kier alpha value is -1.80. The first-order valence-corrected chi connectivity index (χ1v) is 6.80. The lowest BCUT2D eigenvalue weighted by atomic mass is 10.1. The summed E-state index contributed by atoms with van der Waals surface area (Å²) in [5.41, 5.74) is 9.40. The van der Waals surface area contributed by atoms with Gasteiger partial charge in [-0.3, -0.25) is 0 Å². The van der Waals surface area contributed by atoms with Crippen LogP contribution in [0.2, 0.25) is 0 Å². The van der Waals surface area contributed by atoms with Gasteiger partial charge in [-0.2, -0.15) is 0 Å². The summed E-state index contributed by atoms with van der Waals surface area (Å²) in [4.78, 5) is 2.40. The topological polar surface area (TPSA) is 29.3 Å². The van der Waals surface area contributed by atoms with E-state index in [4.69, 9.17) is 5.73 Å². The predicted octanol–water partition coefficient (Wildman–Crippen LogP) is 3.56. The summed E-state index contributed by atoms with van der Waals surface area (Å²) in [6.07, 6.45) is 0. The van der Waals surface area contributed by atoms with E-state index in [2.05, 4.69) is 73.3 Å². The summed E-state index contributed by atoms with van der Waals surface area (Å²) in [7, 11) is 0. The molecule has 0 bridgehead atoms. The third-order valence-electron chi connectivity index (χ3n) is 3.32. The van der Waals surface area contributed by atoms with Crippen LogP contribution in [-0.2, 0) is 13.1 Å². The third kappa shape index (κ3) is 3.58. The van der Waals surface area contributed by atoms with Gasteiger partial charge in [0.1, 0.15) is 0 Å². The van der Waals surface area contributed by atoms with Crippen molar-refractivity contribution in [1.82, 2.24) is 0 Å². The average Bonchev–Trinajstić information content (AvgIpc) is 2.46. The fourth-order valence-electron chi connectivity index (χ4n) is 2.18. The zero-order valence-corrected chi connectivity index (χ0v) is 11.7. The van der Waals surface area contributed by atoms with E-state index >= 15 is 0 Å². The van der Waals surface area contributed by atoms with Crippen molar-refractivity contribution in [3.8, 4) is 0 Å². The van der Waals surface area contributed by atoms with Crippen molar-refractivity contribution in [1.29, 1.82) is 0 Å². The van der Waals surface area contributed by atoms with Crippen LogP contribution >= 0.6 is 0 Å². The highest BCUT2D eigenvalue weighted by Crippen LogP contribution is 2.20. The Labute approximate surface area is 115 Å². The standard InChI is InChI=1S/C17H22N2/c1-14(2)19(13-16-6-4-3-5-7-16)17-10-8-15(12-18)9-11-17/h3-11,14H,12-13,18H2,1-2H3. The summed E-state index contributed by atoms with van der Waals surface area (Å²) in [6, 6.07) is 19.6. The Bertz CT molecular complexity index is 488. The molecule has 0 atom stereocenters. The number of hydrogen-bond donors (Lipinski definition) is 1. The van der Waals surface area contributed by atoms with Crippen molar-refractivity contribution in [3.63, 3.8) is 0 Å². The Balaban J connectivity index is 2.19. The fourth-order valence-corrected chi connectivity index (χ4v) is 2.18. The summed E-state index contributed by atoms with van der Waals surface area (Å²) in [6.45, 7) is 5.97. The number of benzene rings is 2. The summed E-state index contributed by atoms with van der Waals surface area (Å²) in [5, 5.41) is 0. The van der Waals surface area contributed by atoms with Gasteiger partial charge in [0.2, 0.25) is 0 Å². The van der Waals surface area contributed by atoms with E-state index in [-0.39, 0.29) is 0 Å². The maximum absolute atomic E-state index is 5.65. The molecule has 0 saturated carbocycles. The van der Waals surface area contributed by atoms with Crippen LogP contribution in [-0.4, -0.2) is 6.04 Å². The number of nitrogens with two attached hydrogens (primary N) is 1. The van der Waals surface area contributed by atoms with Gasteiger partial charge in [-0.15, -0.1) is 0 Å². The predicted molar refractivity (Wildman–Crippen MR) is 82.1 cm³/mol. The lowest BCUT2D eigenvalue weighted by Crippen LogP contribution is -2.30. The molecule has 0 spiro atoms. The fraction of sp³-hybridized carbons (Fsp3) is 0.294. The first kappa shape index (κ1) is 13.6. The van der Waals surface area contributed by atoms with Crippen LogP contribution in [0, 0.1) is 0 Å². The Morgan fingerprint density at radius 1 is 0.895 bits per heavy atom. The molecule has 0 heterocycles.